The molecule has 0 aliphatic rings. The third-order valence-electron chi connectivity index (χ3n) is 3.71. The standard InChI is InChI=1S/C18H17FN4O/c1-3-21-18(24)23-16-8-14-15(10-22-16)11(2)7-13(17(14)19)12-5-4-6-20-9-12/h4-10H,3H2,1-2H3,(H2,21,22,23,24). The van der Waals surface area contributed by atoms with Crippen LogP contribution in [0, 0.1) is 12.7 Å². The molecule has 0 bridgehead atoms. The Morgan fingerprint density at radius 3 is 2.79 bits per heavy atom. The smallest absolute Gasteiger partial charge is 0.320 e. The first-order valence-electron chi connectivity index (χ1n) is 7.64. The molecule has 1 aromatic carbocycles. The maximum atomic E-state index is 15.0. The van der Waals surface area contributed by atoms with Crippen molar-refractivity contribution in [3.8, 4) is 11.1 Å². The third-order valence-corrected chi connectivity index (χ3v) is 3.71. The molecule has 2 aromatic heterocycles. The second-order valence-corrected chi connectivity index (χ2v) is 5.40. The van der Waals surface area contributed by atoms with E-state index < -0.39 is 0 Å². The summed E-state index contributed by atoms with van der Waals surface area (Å²) in [5.74, 6) is -0.0555. The van der Waals surface area contributed by atoms with Crippen LogP contribution < -0.4 is 10.6 Å². The zero-order valence-electron chi connectivity index (χ0n) is 13.4. The van der Waals surface area contributed by atoms with Crippen LogP contribution in [0.25, 0.3) is 21.9 Å². The van der Waals surface area contributed by atoms with E-state index in [0.717, 1.165) is 5.56 Å². The molecule has 2 amide bonds. The van der Waals surface area contributed by atoms with Crippen LogP contribution in [0.4, 0.5) is 15.0 Å². The molecule has 0 radical (unpaired) electrons. The topological polar surface area (TPSA) is 66.9 Å². The normalized spacial score (nSPS) is 10.6. The lowest BCUT2D eigenvalue weighted by Crippen LogP contribution is -2.28. The van der Waals surface area contributed by atoms with Gasteiger partial charge in [-0.2, -0.15) is 0 Å². The maximum absolute atomic E-state index is 15.0. The van der Waals surface area contributed by atoms with Crippen molar-refractivity contribution in [2.75, 3.05) is 11.9 Å². The third kappa shape index (κ3) is 3.03. The predicted octanol–water partition coefficient (Wildman–Crippen LogP) is 3.89. The van der Waals surface area contributed by atoms with Crippen molar-refractivity contribution in [3.05, 3.63) is 54.2 Å². The number of urea groups is 1. The average Bonchev–Trinajstić information content (AvgIpc) is 2.59. The van der Waals surface area contributed by atoms with Crippen molar-refractivity contribution in [2.24, 2.45) is 0 Å². The van der Waals surface area contributed by atoms with Gasteiger partial charge in [-0.05, 0) is 37.6 Å². The van der Waals surface area contributed by atoms with Gasteiger partial charge in [-0.3, -0.25) is 10.3 Å². The number of aromatic nitrogens is 2. The fourth-order valence-corrected chi connectivity index (χ4v) is 2.58. The number of nitrogens with zero attached hydrogens (tertiary/aromatic N) is 2. The number of aryl methyl sites for hydroxylation is 1. The zero-order valence-corrected chi connectivity index (χ0v) is 13.4. The molecule has 0 unspecified atom stereocenters. The first-order chi connectivity index (χ1) is 11.6. The fourth-order valence-electron chi connectivity index (χ4n) is 2.58. The highest BCUT2D eigenvalue weighted by Crippen LogP contribution is 2.31. The Hall–Kier alpha value is -3.02. The van der Waals surface area contributed by atoms with Gasteiger partial charge in [-0.25, -0.2) is 14.2 Å². The molecule has 6 heteroatoms. The van der Waals surface area contributed by atoms with Gasteiger partial charge in [-0.1, -0.05) is 6.07 Å². The maximum Gasteiger partial charge on any atom is 0.320 e. The van der Waals surface area contributed by atoms with Crippen LogP contribution in [0.5, 0.6) is 0 Å². The van der Waals surface area contributed by atoms with E-state index in [9.17, 15) is 4.79 Å². The monoisotopic (exact) mass is 324 g/mol. The summed E-state index contributed by atoms with van der Waals surface area (Å²) in [6.07, 6.45) is 4.84. The van der Waals surface area contributed by atoms with Gasteiger partial charge < -0.3 is 5.32 Å². The number of anilines is 1. The van der Waals surface area contributed by atoms with Crippen LogP contribution in [0.2, 0.25) is 0 Å². The zero-order chi connectivity index (χ0) is 17.1. The number of carbonyl (C=O) groups excluding carboxylic acids is 1. The summed E-state index contributed by atoms with van der Waals surface area (Å²) >= 11 is 0. The molecule has 0 spiro atoms. The number of halogens is 1. The van der Waals surface area contributed by atoms with Gasteiger partial charge in [-0.15, -0.1) is 0 Å². The molecule has 2 N–H and O–H groups in total. The Balaban J connectivity index is 2.11. The summed E-state index contributed by atoms with van der Waals surface area (Å²) < 4.78 is 15.0. The van der Waals surface area contributed by atoms with Gasteiger partial charge in [0, 0.05) is 47.0 Å². The van der Waals surface area contributed by atoms with Crippen molar-refractivity contribution in [3.63, 3.8) is 0 Å². The quantitative estimate of drug-likeness (QED) is 0.768. The van der Waals surface area contributed by atoms with E-state index >= 15 is 4.39 Å². The number of fused-ring (bicyclic) bond motifs is 1. The minimum atomic E-state index is -0.370. The highest BCUT2D eigenvalue weighted by Gasteiger charge is 2.14. The van der Waals surface area contributed by atoms with E-state index in [4.69, 9.17) is 0 Å². The molecule has 5 nitrogen and oxygen atoms in total. The number of carbonyl (C=O) groups is 1. The Morgan fingerprint density at radius 1 is 1.25 bits per heavy atom. The molecule has 24 heavy (non-hydrogen) atoms. The van der Waals surface area contributed by atoms with Gasteiger partial charge in [0.25, 0.3) is 0 Å². The predicted molar refractivity (Wildman–Crippen MR) is 92.4 cm³/mol. The molecule has 0 aliphatic heterocycles. The van der Waals surface area contributed by atoms with Crippen LogP contribution in [0.15, 0.2) is 42.9 Å². The Bertz CT molecular complexity index is 896. The van der Waals surface area contributed by atoms with Gasteiger partial charge >= 0.3 is 6.03 Å². The Kier molecular flexibility index (Phi) is 4.37. The lowest BCUT2D eigenvalue weighted by Gasteiger charge is -2.11. The summed E-state index contributed by atoms with van der Waals surface area (Å²) in [4.78, 5) is 19.9. The summed E-state index contributed by atoms with van der Waals surface area (Å²) in [5, 5.41) is 6.34. The number of rotatable bonds is 3. The van der Waals surface area contributed by atoms with Crippen LogP contribution in [0.1, 0.15) is 12.5 Å². The minimum Gasteiger partial charge on any atom is -0.338 e. The number of hydrogen-bond donors (Lipinski definition) is 2. The Labute approximate surface area is 138 Å². The largest absolute Gasteiger partial charge is 0.338 e. The highest BCUT2D eigenvalue weighted by atomic mass is 19.1. The van der Waals surface area contributed by atoms with E-state index in [1.807, 2.05) is 19.9 Å². The molecule has 3 rings (SSSR count). The van der Waals surface area contributed by atoms with Crippen LogP contribution in [0.3, 0.4) is 0 Å². The lowest BCUT2D eigenvalue weighted by molar-refractivity contribution is 0.252. The Morgan fingerprint density at radius 2 is 2.08 bits per heavy atom. The van der Waals surface area contributed by atoms with E-state index in [-0.39, 0.29) is 11.8 Å². The van der Waals surface area contributed by atoms with Gasteiger partial charge in [0.05, 0.1) is 0 Å². The molecule has 2 heterocycles. The number of pyridine rings is 2. The molecule has 0 aliphatic carbocycles. The molecule has 0 atom stereocenters. The van der Waals surface area contributed by atoms with E-state index in [1.165, 1.54) is 0 Å². The molecule has 3 aromatic rings. The summed E-state index contributed by atoms with van der Waals surface area (Å²) in [6, 6.07) is 6.54. The number of hydrogen-bond acceptors (Lipinski definition) is 3. The van der Waals surface area contributed by atoms with Crippen molar-refractivity contribution in [1.82, 2.24) is 15.3 Å². The fraction of sp³-hybridized carbons (Fsp3) is 0.167. The lowest BCUT2D eigenvalue weighted by atomic mass is 9.98. The molecule has 122 valence electrons. The molecule has 0 fully saturated rings. The minimum absolute atomic E-state index is 0.301. The number of amides is 2. The molecular weight excluding hydrogens is 307 g/mol. The summed E-state index contributed by atoms with van der Waals surface area (Å²) in [7, 11) is 0. The molecular formula is C18H17FN4O. The van der Waals surface area contributed by atoms with E-state index in [2.05, 4.69) is 20.6 Å². The number of nitrogens with one attached hydrogen (secondary N) is 2. The van der Waals surface area contributed by atoms with Gasteiger partial charge in [0.1, 0.15) is 11.6 Å². The molecule has 0 saturated carbocycles. The summed E-state index contributed by atoms with van der Waals surface area (Å²) in [5.41, 5.74) is 2.08. The van der Waals surface area contributed by atoms with Crippen LogP contribution in [-0.2, 0) is 0 Å². The number of benzene rings is 1. The summed E-state index contributed by atoms with van der Waals surface area (Å²) in [6.45, 7) is 4.22. The SMILES string of the molecule is CCNC(=O)Nc1cc2c(F)c(-c3cccnc3)cc(C)c2cn1. The van der Waals surface area contributed by atoms with E-state index in [1.54, 1.807) is 36.8 Å². The first-order valence-corrected chi connectivity index (χ1v) is 7.64. The second-order valence-electron chi connectivity index (χ2n) is 5.40. The van der Waals surface area contributed by atoms with Crippen molar-refractivity contribution in [1.29, 1.82) is 0 Å². The van der Waals surface area contributed by atoms with Crippen molar-refractivity contribution < 1.29 is 9.18 Å². The van der Waals surface area contributed by atoms with Crippen molar-refractivity contribution in [2.45, 2.75) is 13.8 Å². The molecule has 0 saturated heterocycles. The highest BCUT2D eigenvalue weighted by molar-refractivity contribution is 5.95. The second kappa shape index (κ2) is 6.62. The van der Waals surface area contributed by atoms with Crippen LogP contribution in [-0.4, -0.2) is 22.5 Å². The van der Waals surface area contributed by atoms with Crippen molar-refractivity contribution >= 4 is 22.6 Å². The average molecular weight is 324 g/mol. The van der Waals surface area contributed by atoms with Gasteiger partial charge in [0.15, 0.2) is 0 Å². The van der Waals surface area contributed by atoms with Crippen LogP contribution >= 0.6 is 0 Å². The van der Waals surface area contributed by atoms with E-state index in [0.29, 0.717) is 34.3 Å². The first kappa shape index (κ1) is 15.9. The van der Waals surface area contributed by atoms with Gasteiger partial charge in [0.2, 0.25) is 0 Å².